The van der Waals surface area contributed by atoms with Gasteiger partial charge < -0.3 is 14.9 Å². The Morgan fingerprint density at radius 2 is 2.16 bits per heavy atom. The molecule has 0 spiro atoms. The fourth-order valence-corrected chi connectivity index (χ4v) is 3.84. The van der Waals surface area contributed by atoms with Gasteiger partial charge in [-0.1, -0.05) is 6.58 Å². The van der Waals surface area contributed by atoms with E-state index in [1.807, 2.05) is 13.8 Å². The van der Waals surface area contributed by atoms with Crippen molar-refractivity contribution in [2.24, 2.45) is 11.8 Å². The normalized spacial score (nSPS) is 45.9. The summed E-state index contributed by atoms with van der Waals surface area (Å²) >= 11 is 0. The molecule has 1 aliphatic heterocycles. The Labute approximate surface area is 112 Å². The molecule has 0 radical (unpaired) electrons. The van der Waals surface area contributed by atoms with E-state index < -0.39 is 11.7 Å². The molecule has 4 nitrogen and oxygen atoms in total. The van der Waals surface area contributed by atoms with Crippen LogP contribution in [0, 0.1) is 11.8 Å². The molecule has 0 aromatic carbocycles. The Morgan fingerprint density at radius 1 is 1.47 bits per heavy atom. The SMILES string of the molecule is C=C1C(=O)OC2C3=C(C)C(O)CC3C(C)(O)CCC12. The molecule has 104 valence electrons. The van der Waals surface area contributed by atoms with Crippen LogP contribution in [0.5, 0.6) is 0 Å². The minimum absolute atomic E-state index is 0.0563. The molecular weight excluding hydrogens is 244 g/mol. The van der Waals surface area contributed by atoms with Gasteiger partial charge in [-0.3, -0.25) is 0 Å². The van der Waals surface area contributed by atoms with E-state index in [4.69, 9.17) is 4.74 Å². The first-order valence-corrected chi connectivity index (χ1v) is 6.83. The molecule has 5 atom stereocenters. The first-order chi connectivity index (χ1) is 8.83. The zero-order valence-electron chi connectivity index (χ0n) is 11.3. The smallest absolute Gasteiger partial charge is 0.334 e. The van der Waals surface area contributed by atoms with Gasteiger partial charge in [-0.05, 0) is 44.3 Å². The molecule has 2 aliphatic carbocycles. The largest absolute Gasteiger partial charge is 0.454 e. The van der Waals surface area contributed by atoms with Gasteiger partial charge in [0.25, 0.3) is 0 Å². The Hall–Kier alpha value is -1.13. The number of esters is 1. The molecule has 5 unspecified atom stereocenters. The van der Waals surface area contributed by atoms with E-state index in [0.717, 1.165) is 11.1 Å². The van der Waals surface area contributed by atoms with Gasteiger partial charge >= 0.3 is 5.97 Å². The number of ether oxygens (including phenoxy) is 1. The number of hydrogen-bond acceptors (Lipinski definition) is 4. The molecule has 0 aromatic rings. The molecular formula is C15H20O4. The van der Waals surface area contributed by atoms with Gasteiger partial charge in [0.05, 0.1) is 11.7 Å². The standard InChI is InChI=1S/C15H20O4/c1-7-9-4-5-15(3,18)10-6-11(16)8(2)12(10)13(9)19-14(7)17/h9-11,13,16,18H,1,4-6H2,2-3H3. The molecule has 1 heterocycles. The minimum atomic E-state index is -0.856. The van der Waals surface area contributed by atoms with Crippen LogP contribution in [0.15, 0.2) is 23.3 Å². The molecule has 4 heteroatoms. The summed E-state index contributed by atoms with van der Waals surface area (Å²) in [5.41, 5.74) is 1.42. The molecule has 3 rings (SSSR count). The fourth-order valence-electron chi connectivity index (χ4n) is 3.84. The molecule has 2 N–H and O–H groups in total. The van der Waals surface area contributed by atoms with Gasteiger partial charge in [0.1, 0.15) is 6.10 Å². The Morgan fingerprint density at radius 3 is 2.84 bits per heavy atom. The third-order valence-electron chi connectivity index (χ3n) is 5.12. The molecule has 0 aromatic heterocycles. The highest BCUT2D eigenvalue weighted by Crippen LogP contribution is 2.51. The maximum Gasteiger partial charge on any atom is 0.334 e. The second-order valence-electron chi connectivity index (χ2n) is 6.30. The fraction of sp³-hybridized carbons (Fsp3) is 0.667. The predicted octanol–water partition coefficient (Wildman–Crippen LogP) is 1.33. The second kappa shape index (κ2) is 3.93. The van der Waals surface area contributed by atoms with E-state index in [1.165, 1.54) is 0 Å². The quantitative estimate of drug-likeness (QED) is 0.393. The Kier molecular flexibility index (Phi) is 2.67. The van der Waals surface area contributed by atoms with Crippen molar-refractivity contribution in [2.45, 2.75) is 50.9 Å². The number of carbonyl (C=O) groups is 1. The van der Waals surface area contributed by atoms with Gasteiger partial charge in [0, 0.05) is 17.4 Å². The summed E-state index contributed by atoms with van der Waals surface area (Å²) < 4.78 is 5.46. The van der Waals surface area contributed by atoms with Crippen molar-refractivity contribution in [3.05, 3.63) is 23.3 Å². The van der Waals surface area contributed by atoms with E-state index in [-0.39, 0.29) is 23.9 Å². The van der Waals surface area contributed by atoms with Crippen molar-refractivity contribution in [3.63, 3.8) is 0 Å². The predicted molar refractivity (Wildman–Crippen MR) is 69.2 cm³/mol. The maximum atomic E-state index is 11.7. The first kappa shape index (κ1) is 12.9. The van der Waals surface area contributed by atoms with Crippen molar-refractivity contribution >= 4 is 5.97 Å². The average molecular weight is 264 g/mol. The van der Waals surface area contributed by atoms with Crippen LogP contribution < -0.4 is 0 Å². The third-order valence-corrected chi connectivity index (χ3v) is 5.12. The molecule has 2 fully saturated rings. The Balaban J connectivity index is 2.10. The summed E-state index contributed by atoms with van der Waals surface area (Å²) in [5, 5.41) is 20.7. The lowest BCUT2D eigenvalue weighted by atomic mass is 9.82. The summed E-state index contributed by atoms with van der Waals surface area (Å²) in [6.07, 6.45) is 0.930. The van der Waals surface area contributed by atoms with Crippen LogP contribution in [0.4, 0.5) is 0 Å². The topological polar surface area (TPSA) is 66.8 Å². The van der Waals surface area contributed by atoms with Crippen molar-refractivity contribution in [2.75, 3.05) is 0 Å². The van der Waals surface area contributed by atoms with Gasteiger partial charge in [0.15, 0.2) is 0 Å². The lowest BCUT2D eigenvalue weighted by molar-refractivity contribution is -0.138. The summed E-state index contributed by atoms with van der Waals surface area (Å²) in [4.78, 5) is 11.7. The van der Waals surface area contributed by atoms with Crippen LogP contribution in [0.3, 0.4) is 0 Å². The van der Waals surface area contributed by atoms with Crippen LogP contribution in [0.1, 0.15) is 33.1 Å². The minimum Gasteiger partial charge on any atom is -0.454 e. The van der Waals surface area contributed by atoms with E-state index in [9.17, 15) is 15.0 Å². The average Bonchev–Trinajstić information content (AvgIpc) is 2.74. The number of hydrogen-bond donors (Lipinski definition) is 2. The number of aliphatic hydroxyl groups is 2. The van der Waals surface area contributed by atoms with Crippen molar-refractivity contribution in [3.8, 4) is 0 Å². The van der Waals surface area contributed by atoms with Crippen LogP contribution in [-0.2, 0) is 9.53 Å². The highest BCUT2D eigenvalue weighted by molar-refractivity contribution is 5.91. The molecule has 1 saturated carbocycles. The third kappa shape index (κ3) is 1.70. The van der Waals surface area contributed by atoms with Crippen molar-refractivity contribution in [1.82, 2.24) is 0 Å². The van der Waals surface area contributed by atoms with Gasteiger partial charge in [0.2, 0.25) is 0 Å². The highest BCUT2D eigenvalue weighted by atomic mass is 16.6. The highest BCUT2D eigenvalue weighted by Gasteiger charge is 2.53. The first-order valence-electron chi connectivity index (χ1n) is 6.83. The maximum absolute atomic E-state index is 11.7. The molecule has 19 heavy (non-hydrogen) atoms. The lowest BCUT2D eigenvalue weighted by Crippen LogP contribution is -2.35. The van der Waals surface area contributed by atoms with Crippen LogP contribution in [0.25, 0.3) is 0 Å². The summed E-state index contributed by atoms with van der Waals surface area (Å²) in [6.45, 7) is 7.51. The summed E-state index contributed by atoms with van der Waals surface area (Å²) in [5.74, 6) is -0.521. The van der Waals surface area contributed by atoms with Crippen LogP contribution in [0.2, 0.25) is 0 Å². The lowest BCUT2D eigenvalue weighted by Gasteiger charge is -2.31. The molecule has 1 saturated heterocycles. The molecule has 0 amide bonds. The van der Waals surface area contributed by atoms with E-state index in [0.29, 0.717) is 24.8 Å². The second-order valence-corrected chi connectivity index (χ2v) is 6.30. The zero-order valence-corrected chi connectivity index (χ0v) is 11.3. The van der Waals surface area contributed by atoms with Gasteiger partial charge in [-0.25, -0.2) is 4.79 Å². The van der Waals surface area contributed by atoms with E-state index in [1.54, 1.807) is 0 Å². The number of carbonyl (C=O) groups excluding carboxylic acids is 1. The number of aliphatic hydroxyl groups excluding tert-OH is 1. The van der Waals surface area contributed by atoms with Crippen molar-refractivity contribution in [1.29, 1.82) is 0 Å². The molecule has 3 aliphatic rings. The summed E-state index contributed by atoms with van der Waals surface area (Å²) in [7, 11) is 0. The van der Waals surface area contributed by atoms with Gasteiger partial charge in [-0.15, -0.1) is 0 Å². The van der Waals surface area contributed by atoms with E-state index >= 15 is 0 Å². The number of fused-ring (bicyclic) bond motifs is 3. The molecule has 0 bridgehead atoms. The zero-order chi connectivity index (χ0) is 13.9. The van der Waals surface area contributed by atoms with E-state index in [2.05, 4.69) is 6.58 Å². The monoisotopic (exact) mass is 264 g/mol. The van der Waals surface area contributed by atoms with Crippen LogP contribution >= 0.6 is 0 Å². The Bertz CT molecular complexity index is 488. The summed E-state index contributed by atoms with van der Waals surface area (Å²) in [6, 6.07) is 0. The number of rotatable bonds is 0. The van der Waals surface area contributed by atoms with Crippen molar-refractivity contribution < 1.29 is 19.7 Å². The van der Waals surface area contributed by atoms with Gasteiger partial charge in [-0.2, -0.15) is 0 Å². The van der Waals surface area contributed by atoms with Crippen LogP contribution in [-0.4, -0.2) is 34.0 Å².